The van der Waals surface area contributed by atoms with Crippen LogP contribution < -0.4 is 4.72 Å². The molecule has 0 spiro atoms. The van der Waals surface area contributed by atoms with Gasteiger partial charge in [0.1, 0.15) is 0 Å². The number of hydrogen-bond acceptors (Lipinski definition) is 2. The van der Waals surface area contributed by atoms with E-state index in [9.17, 15) is 8.42 Å². The molecule has 0 saturated heterocycles. The molecule has 0 saturated carbocycles. The molecule has 0 radical (unpaired) electrons. The summed E-state index contributed by atoms with van der Waals surface area (Å²) in [6, 6.07) is 5.01. The lowest BCUT2D eigenvalue weighted by Gasteiger charge is -2.19. The first-order chi connectivity index (χ1) is 11.1. The summed E-state index contributed by atoms with van der Waals surface area (Å²) in [5.41, 5.74) is 5.38. The molecule has 0 unspecified atom stereocenters. The highest BCUT2D eigenvalue weighted by molar-refractivity contribution is 7.89. The van der Waals surface area contributed by atoms with E-state index in [-0.39, 0.29) is 6.54 Å². The van der Waals surface area contributed by atoms with Crippen molar-refractivity contribution < 1.29 is 8.42 Å². The lowest BCUT2D eigenvalue weighted by atomic mass is 9.95. The first kappa shape index (κ1) is 19.3. The fourth-order valence-corrected chi connectivity index (χ4v) is 4.86. The second-order valence-corrected chi connectivity index (χ2v) is 8.56. The highest BCUT2D eigenvalue weighted by Crippen LogP contribution is 2.30. The summed E-state index contributed by atoms with van der Waals surface area (Å²) in [7, 11) is -3.65. The molecule has 0 aliphatic carbocycles. The molecule has 2 rings (SSSR count). The van der Waals surface area contributed by atoms with Gasteiger partial charge in [-0.3, -0.25) is 0 Å². The van der Waals surface area contributed by atoms with E-state index in [4.69, 9.17) is 23.2 Å². The van der Waals surface area contributed by atoms with Gasteiger partial charge in [0.25, 0.3) is 0 Å². The summed E-state index contributed by atoms with van der Waals surface area (Å²) in [5, 5.41) is 0.956. The average molecular weight is 386 g/mol. The minimum atomic E-state index is -3.65. The molecule has 1 N–H and O–H groups in total. The van der Waals surface area contributed by atoms with E-state index in [1.165, 1.54) is 0 Å². The van der Waals surface area contributed by atoms with Crippen molar-refractivity contribution in [2.45, 2.75) is 46.1 Å². The summed E-state index contributed by atoms with van der Waals surface area (Å²) >= 11 is 12.0. The Hall–Kier alpha value is -1.07. The van der Waals surface area contributed by atoms with Crippen LogP contribution in [0.1, 0.15) is 33.4 Å². The number of halogens is 2. The molecule has 3 nitrogen and oxygen atoms in total. The molecule has 0 aromatic heterocycles. The Morgan fingerprint density at radius 2 is 1.38 bits per heavy atom. The summed E-state index contributed by atoms with van der Waals surface area (Å²) in [4.78, 5) is 0.355. The predicted octanol–water partition coefficient (Wildman–Crippen LogP) is 5.01. The van der Waals surface area contributed by atoms with Crippen molar-refractivity contribution in [3.63, 3.8) is 0 Å². The predicted molar refractivity (Wildman–Crippen MR) is 101 cm³/mol. The van der Waals surface area contributed by atoms with Crippen molar-refractivity contribution in [1.82, 2.24) is 4.72 Å². The Balaban J connectivity index is 2.42. The Labute approximate surface area is 154 Å². The number of benzene rings is 2. The van der Waals surface area contributed by atoms with Crippen molar-refractivity contribution in [3.05, 3.63) is 61.6 Å². The van der Waals surface area contributed by atoms with Crippen molar-refractivity contribution >= 4 is 33.2 Å². The van der Waals surface area contributed by atoms with E-state index in [2.05, 4.69) is 4.72 Å². The van der Waals surface area contributed by atoms with Crippen LogP contribution in [0.5, 0.6) is 0 Å². The molecule has 0 heterocycles. The Morgan fingerprint density at radius 1 is 0.875 bits per heavy atom. The van der Waals surface area contributed by atoms with Crippen molar-refractivity contribution in [3.8, 4) is 0 Å². The van der Waals surface area contributed by atoms with Crippen LogP contribution in [0.3, 0.4) is 0 Å². The summed E-state index contributed by atoms with van der Waals surface area (Å²) in [5.74, 6) is 0. The van der Waals surface area contributed by atoms with E-state index in [1.54, 1.807) is 18.2 Å². The quantitative estimate of drug-likeness (QED) is 0.803. The summed E-state index contributed by atoms with van der Waals surface area (Å²) in [6.45, 7) is 9.72. The third-order valence-electron chi connectivity index (χ3n) is 4.67. The monoisotopic (exact) mass is 385 g/mol. The van der Waals surface area contributed by atoms with Crippen molar-refractivity contribution in [2.24, 2.45) is 0 Å². The molecule has 0 bridgehead atoms. The van der Waals surface area contributed by atoms with Gasteiger partial charge >= 0.3 is 0 Å². The molecule has 6 heteroatoms. The van der Waals surface area contributed by atoms with Crippen LogP contribution in [0.25, 0.3) is 0 Å². The third kappa shape index (κ3) is 3.62. The number of hydrogen-bond donors (Lipinski definition) is 1. The molecule has 0 atom stereocenters. The molecular weight excluding hydrogens is 365 g/mol. The van der Waals surface area contributed by atoms with Gasteiger partial charge in [-0.05, 0) is 80.1 Å². The Morgan fingerprint density at radius 3 is 1.88 bits per heavy atom. The molecule has 2 aromatic rings. The molecule has 0 aliphatic rings. The lowest BCUT2D eigenvalue weighted by molar-refractivity contribution is 0.579. The zero-order chi connectivity index (χ0) is 18.2. The minimum absolute atomic E-state index is 0.114. The second kappa shape index (κ2) is 7.04. The van der Waals surface area contributed by atoms with Gasteiger partial charge in [-0.15, -0.1) is 0 Å². The standard InChI is InChI=1S/C18H21Cl2NO2S/c1-10-11(2)13(4)18(14(5)12(10)3)24(22,23)21-9-15-6-7-16(19)8-17(15)20/h6-8,21H,9H2,1-5H3. The van der Waals surface area contributed by atoms with Crippen LogP contribution in [-0.2, 0) is 16.6 Å². The SMILES string of the molecule is Cc1c(C)c(C)c(S(=O)(=O)NCc2ccc(Cl)cc2Cl)c(C)c1C. The van der Waals surface area contributed by atoms with E-state index in [0.717, 1.165) is 27.8 Å². The normalized spacial score (nSPS) is 11.8. The van der Waals surface area contributed by atoms with E-state index in [1.807, 2.05) is 34.6 Å². The zero-order valence-electron chi connectivity index (χ0n) is 14.4. The molecule has 24 heavy (non-hydrogen) atoms. The van der Waals surface area contributed by atoms with Crippen LogP contribution in [-0.4, -0.2) is 8.42 Å². The molecule has 0 fully saturated rings. The van der Waals surface area contributed by atoms with Crippen LogP contribution in [0.2, 0.25) is 10.0 Å². The highest BCUT2D eigenvalue weighted by atomic mass is 35.5. The third-order valence-corrected chi connectivity index (χ3v) is 6.93. The summed E-state index contributed by atoms with van der Waals surface area (Å²) < 4.78 is 28.4. The average Bonchev–Trinajstić information content (AvgIpc) is 2.50. The van der Waals surface area contributed by atoms with Crippen LogP contribution >= 0.6 is 23.2 Å². The molecule has 0 aliphatic heterocycles. The molecule has 0 amide bonds. The van der Waals surface area contributed by atoms with Crippen LogP contribution in [0.15, 0.2) is 23.1 Å². The maximum Gasteiger partial charge on any atom is 0.241 e. The first-order valence-corrected chi connectivity index (χ1v) is 9.80. The van der Waals surface area contributed by atoms with Crippen molar-refractivity contribution in [2.75, 3.05) is 0 Å². The van der Waals surface area contributed by atoms with Gasteiger partial charge in [0.05, 0.1) is 4.90 Å². The van der Waals surface area contributed by atoms with Crippen LogP contribution in [0, 0.1) is 34.6 Å². The zero-order valence-corrected chi connectivity index (χ0v) is 16.7. The van der Waals surface area contributed by atoms with Crippen LogP contribution in [0.4, 0.5) is 0 Å². The number of sulfonamides is 1. The van der Waals surface area contributed by atoms with Gasteiger partial charge in [-0.1, -0.05) is 29.3 Å². The van der Waals surface area contributed by atoms with Gasteiger partial charge in [0.15, 0.2) is 0 Å². The minimum Gasteiger partial charge on any atom is -0.207 e. The molecule has 2 aromatic carbocycles. The highest BCUT2D eigenvalue weighted by Gasteiger charge is 2.23. The Kier molecular flexibility index (Phi) is 5.65. The second-order valence-electron chi connectivity index (χ2n) is 6.01. The largest absolute Gasteiger partial charge is 0.241 e. The van der Waals surface area contributed by atoms with E-state index >= 15 is 0 Å². The number of rotatable bonds is 4. The molecular formula is C18H21Cl2NO2S. The maximum atomic E-state index is 12.9. The van der Waals surface area contributed by atoms with Gasteiger partial charge < -0.3 is 0 Å². The van der Waals surface area contributed by atoms with E-state index < -0.39 is 10.0 Å². The number of nitrogens with one attached hydrogen (secondary N) is 1. The van der Waals surface area contributed by atoms with E-state index in [0.29, 0.717) is 20.5 Å². The first-order valence-electron chi connectivity index (χ1n) is 7.56. The van der Waals surface area contributed by atoms with Gasteiger partial charge in [0, 0.05) is 16.6 Å². The summed E-state index contributed by atoms with van der Waals surface area (Å²) in [6.07, 6.45) is 0. The van der Waals surface area contributed by atoms with Gasteiger partial charge in [-0.2, -0.15) is 0 Å². The lowest BCUT2D eigenvalue weighted by Crippen LogP contribution is -2.26. The van der Waals surface area contributed by atoms with Gasteiger partial charge in [-0.25, -0.2) is 13.1 Å². The van der Waals surface area contributed by atoms with Gasteiger partial charge in [0.2, 0.25) is 10.0 Å². The maximum absolute atomic E-state index is 12.9. The smallest absolute Gasteiger partial charge is 0.207 e. The fourth-order valence-electron chi connectivity index (χ4n) is 2.78. The topological polar surface area (TPSA) is 46.2 Å². The fraction of sp³-hybridized carbons (Fsp3) is 0.333. The molecule has 130 valence electrons. The van der Waals surface area contributed by atoms with Crippen molar-refractivity contribution in [1.29, 1.82) is 0 Å². The Bertz CT molecular complexity index is 877.